The van der Waals surface area contributed by atoms with Crippen molar-refractivity contribution < 1.29 is 14.3 Å². The highest BCUT2D eigenvalue weighted by Crippen LogP contribution is 2.33. The Morgan fingerprint density at radius 3 is 2.66 bits per heavy atom. The average Bonchev–Trinajstić information content (AvgIpc) is 3.17. The van der Waals surface area contributed by atoms with E-state index in [4.69, 9.17) is 9.72 Å². The normalized spacial score (nSPS) is 14.5. The molecule has 2 aromatic heterocycles. The quantitative estimate of drug-likeness (QED) is 0.619. The second-order valence-electron chi connectivity index (χ2n) is 6.47. The molecule has 0 spiro atoms. The first-order valence-electron chi connectivity index (χ1n) is 9.27. The van der Waals surface area contributed by atoms with E-state index in [2.05, 4.69) is 37.3 Å². The Bertz CT molecular complexity index is 956. The lowest BCUT2D eigenvalue weighted by Gasteiger charge is -2.26. The summed E-state index contributed by atoms with van der Waals surface area (Å²) < 4.78 is 10.1. The molecule has 8 nitrogen and oxygen atoms in total. The predicted molar refractivity (Wildman–Crippen MR) is 110 cm³/mol. The lowest BCUT2D eigenvalue weighted by Crippen LogP contribution is -2.35. The first kappa shape index (κ1) is 19.4. The van der Waals surface area contributed by atoms with Crippen molar-refractivity contribution in [3.63, 3.8) is 0 Å². The molecule has 29 heavy (non-hydrogen) atoms. The van der Waals surface area contributed by atoms with E-state index in [-0.39, 0.29) is 5.69 Å². The number of methoxy groups -OCH3 is 1. The van der Waals surface area contributed by atoms with Gasteiger partial charge in [0.15, 0.2) is 16.6 Å². The van der Waals surface area contributed by atoms with Crippen molar-refractivity contribution in [2.24, 2.45) is 0 Å². The zero-order chi connectivity index (χ0) is 20.1. The summed E-state index contributed by atoms with van der Waals surface area (Å²) in [6, 6.07) is 13.4. The molecule has 0 atom stereocenters. The molecule has 1 N–H and O–H groups in total. The summed E-state index contributed by atoms with van der Waals surface area (Å²) in [5.74, 6) is 0.00129. The fourth-order valence-electron chi connectivity index (χ4n) is 3.02. The van der Waals surface area contributed by atoms with Crippen LogP contribution in [0.4, 0.5) is 10.9 Å². The summed E-state index contributed by atoms with van der Waals surface area (Å²) in [5.41, 5.74) is 2.20. The Morgan fingerprint density at radius 2 is 1.97 bits per heavy atom. The number of hydrogen-bond donors (Lipinski definition) is 1. The van der Waals surface area contributed by atoms with E-state index in [0.29, 0.717) is 5.82 Å². The van der Waals surface area contributed by atoms with Gasteiger partial charge in [0, 0.05) is 30.1 Å². The van der Waals surface area contributed by atoms with E-state index < -0.39 is 5.97 Å². The van der Waals surface area contributed by atoms with Crippen molar-refractivity contribution in [2.75, 3.05) is 38.7 Å². The van der Waals surface area contributed by atoms with Gasteiger partial charge in [-0.25, -0.2) is 9.78 Å². The van der Waals surface area contributed by atoms with Gasteiger partial charge >= 0.3 is 5.97 Å². The number of carbonyl (C=O) groups is 1. The van der Waals surface area contributed by atoms with Gasteiger partial charge in [-0.1, -0.05) is 41.7 Å². The number of rotatable bonds is 6. The van der Waals surface area contributed by atoms with Gasteiger partial charge in [0.05, 0.1) is 26.0 Å². The molecule has 1 aromatic carbocycles. The second kappa shape index (κ2) is 9.08. The van der Waals surface area contributed by atoms with Crippen LogP contribution in [0.3, 0.4) is 0 Å². The Kier molecular flexibility index (Phi) is 6.09. The van der Waals surface area contributed by atoms with Gasteiger partial charge in [-0.15, -0.1) is 10.2 Å². The first-order chi connectivity index (χ1) is 14.2. The van der Waals surface area contributed by atoms with Gasteiger partial charge in [-0.3, -0.25) is 4.90 Å². The molecular weight excluding hydrogens is 390 g/mol. The Hall–Kier alpha value is -2.88. The average molecular weight is 411 g/mol. The Balaban J connectivity index is 1.57. The Labute approximate surface area is 172 Å². The van der Waals surface area contributed by atoms with Crippen LogP contribution in [0.5, 0.6) is 0 Å². The summed E-state index contributed by atoms with van der Waals surface area (Å²) in [7, 11) is 1.31. The molecule has 0 bridgehead atoms. The number of morpholine rings is 1. The van der Waals surface area contributed by atoms with Crippen LogP contribution < -0.4 is 5.32 Å². The van der Waals surface area contributed by atoms with E-state index >= 15 is 0 Å². The lowest BCUT2D eigenvalue weighted by atomic mass is 10.1. The highest BCUT2D eigenvalue weighted by molar-refractivity contribution is 7.16. The molecule has 4 rings (SSSR count). The van der Waals surface area contributed by atoms with Crippen molar-refractivity contribution in [1.82, 2.24) is 20.1 Å². The van der Waals surface area contributed by atoms with Gasteiger partial charge in [-0.2, -0.15) is 0 Å². The number of hydrogen-bond acceptors (Lipinski definition) is 9. The fourth-order valence-corrected chi connectivity index (χ4v) is 4.05. The standard InChI is InChI=1S/C20H21N5O3S/c1-27-19(26)15-7-8-17(24-23-15)21-20-22-18(14-5-3-2-4-6-14)16(29-20)13-25-9-11-28-12-10-25/h2-8H,9-13H2,1H3,(H,21,22,24). The number of ether oxygens (including phenoxy) is 2. The minimum atomic E-state index is -0.516. The fraction of sp³-hybridized carbons (Fsp3) is 0.300. The minimum absolute atomic E-state index is 0.162. The van der Waals surface area contributed by atoms with Crippen molar-refractivity contribution in [3.8, 4) is 11.3 Å². The number of nitrogens with one attached hydrogen (secondary N) is 1. The maximum atomic E-state index is 11.5. The maximum absolute atomic E-state index is 11.5. The van der Waals surface area contributed by atoms with E-state index in [1.165, 1.54) is 12.0 Å². The summed E-state index contributed by atoms with van der Waals surface area (Å²) in [6.07, 6.45) is 0. The van der Waals surface area contributed by atoms with Gasteiger partial charge in [0.1, 0.15) is 0 Å². The molecule has 0 saturated carbocycles. The molecule has 3 heterocycles. The third kappa shape index (κ3) is 4.76. The van der Waals surface area contributed by atoms with Crippen molar-refractivity contribution in [2.45, 2.75) is 6.54 Å². The number of benzene rings is 1. The zero-order valence-corrected chi connectivity index (χ0v) is 16.8. The molecule has 0 aliphatic carbocycles. The molecule has 150 valence electrons. The van der Waals surface area contributed by atoms with Gasteiger partial charge in [-0.05, 0) is 12.1 Å². The minimum Gasteiger partial charge on any atom is -0.464 e. The van der Waals surface area contributed by atoms with E-state index in [0.717, 1.165) is 49.2 Å². The topological polar surface area (TPSA) is 89.5 Å². The van der Waals surface area contributed by atoms with E-state index in [1.807, 2.05) is 18.2 Å². The number of anilines is 2. The number of aromatic nitrogens is 3. The predicted octanol–water partition coefficient (Wildman–Crippen LogP) is 2.96. The van der Waals surface area contributed by atoms with Crippen LogP contribution in [0.1, 0.15) is 15.4 Å². The molecule has 0 radical (unpaired) electrons. The Morgan fingerprint density at radius 1 is 1.17 bits per heavy atom. The zero-order valence-electron chi connectivity index (χ0n) is 16.0. The van der Waals surface area contributed by atoms with Crippen molar-refractivity contribution >= 4 is 28.3 Å². The lowest BCUT2D eigenvalue weighted by molar-refractivity contribution is 0.0347. The molecule has 0 unspecified atom stereocenters. The molecule has 1 aliphatic rings. The summed E-state index contributed by atoms with van der Waals surface area (Å²) >= 11 is 1.59. The van der Waals surface area contributed by atoms with Gasteiger partial charge < -0.3 is 14.8 Å². The van der Waals surface area contributed by atoms with Gasteiger partial charge in [0.25, 0.3) is 0 Å². The van der Waals surface area contributed by atoms with Crippen LogP contribution in [0.15, 0.2) is 42.5 Å². The van der Waals surface area contributed by atoms with Crippen LogP contribution in [-0.2, 0) is 16.0 Å². The number of carbonyl (C=O) groups excluding carboxylic acids is 1. The molecule has 1 saturated heterocycles. The smallest absolute Gasteiger partial charge is 0.358 e. The number of thiazole rings is 1. The largest absolute Gasteiger partial charge is 0.464 e. The molecule has 1 fully saturated rings. The van der Waals surface area contributed by atoms with E-state index in [1.54, 1.807) is 23.5 Å². The monoisotopic (exact) mass is 411 g/mol. The van der Waals surface area contributed by atoms with Crippen LogP contribution in [0.25, 0.3) is 11.3 Å². The summed E-state index contributed by atoms with van der Waals surface area (Å²) in [4.78, 5) is 19.9. The second-order valence-corrected chi connectivity index (χ2v) is 7.55. The first-order valence-corrected chi connectivity index (χ1v) is 10.1. The molecule has 1 aliphatic heterocycles. The number of nitrogens with zero attached hydrogens (tertiary/aromatic N) is 4. The highest BCUT2D eigenvalue weighted by Gasteiger charge is 2.18. The SMILES string of the molecule is COC(=O)c1ccc(Nc2nc(-c3ccccc3)c(CN3CCOCC3)s2)nn1. The third-order valence-corrected chi connectivity index (χ3v) is 5.47. The molecule has 9 heteroatoms. The molecule has 3 aromatic rings. The summed E-state index contributed by atoms with van der Waals surface area (Å²) in [5, 5.41) is 11.9. The molecular formula is C20H21N5O3S. The van der Waals surface area contributed by atoms with Crippen LogP contribution in [-0.4, -0.2) is 59.5 Å². The van der Waals surface area contributed by atoms with E-state index in [9.17, 15) is 4.79 Å². The van der Waals surface area contributed by atoms with Gasteiger partial charge in [0.2, 0.25) is 0 Å². The van der Waals surface area contributed by atoms with Crippen LogP contribution >= 0.6 is 11.3 Å². The van der Waals surface area contributed by atoms with Crippen LogP contribution in [0, 0.1) is 0 Å². The summed E-state index contributed by atoms with van der Waals surface area (Å²) in [6.45, 7) is 4.16. The third-order valence-electron chi connectivity index (χ3n) is 4.51. The van der Waals surface area contributed by atoms with Crippen molar-refractivity contribution in [1.29, 1.82) is 0 Å². The highest BCUT2D eigenvalue weighted by atomic mass is 32.1. The van der Waals surface area contributed by atoms with Crippen LogP contribution in [0.2, 0.25) is 0 Å². The van der Waals surface area contributed by atoms with Crippen molar-refractivity contribution in [3.05, 3.63) is 53.0 Å². The number of esters is 1. The maximum Gasteiger partial charge on any atom is 0.358 e. The molecule has 0 amide bonds.